The third-order valence-corrected chi connectivity index (χ3v) is 2.54. The van der Waals surface area contributed by atoms with Gasteiger partial charge in [-0.3, -0.25) is 0 Å². The van der Waals surface area contributed by atoms with Crippen molar-refractivity contribution in [1.82, 2.24) is 0 Å². The molecule has 1 N–H and O–H groups in total. The zero-order valence-electron chi connectivity index (χ0n) is 12.3. The zero-order valence-corrected chi connectivity index (χ0v) is 12.3. The molecule has 1 unspecified atom stereocenters. The molecule has 110 valence electrons. The van der Waals surface area contributed by atoms with Gasteiger partial charge < -0.3 is 9.84 Å². The lowest BCUT2D eigenvalue weighted by Gasteiger charge is -2.13. The van der Waals surface area contributed by atoms with Gasteiger partial charge in [-0.05, 0) is 19.3 Å². The minimum Gasteiger partial charge on any atom is -0.478 e. The summed E-state index contributed by atoms with van der Waals surface area (Å²) in [4.78, 5) is 20.4. The first-order chi connectivity index (χ1) is 8.88. The lowest BCUT2D eigenvalue weighted by atomic mass is 10.0. The van der Waals surface area contributed by atoms with Gasteiger partial charge in [0, 0.05) is 11.6 Å². The second-order valence-corrected chi connectivity index (χ2v) is 4.34. The maximum Gasteiger partial charge on any atom is 0.330 e. The highest BCUT2D eigenvalue weighted by atomic mass is 16.5. The second-order valence-electron chi connectivity index (χ2n) is 4.34. The van der Waals surface area contributed by atoms with Gasteiger partial charge >= 0.3 is 11.9 Å². The SMILES string of the molecule is C=C(C)C(=O)O.C=CC(=O)OCC(CC)CCCC. The summed E-state index contributed by atoms with van der Waals surface area (Å²) in [5, 5.41) is 7.89. The van der Waals surface area contributed by atoms with Gasteiger partial charge in [-0.2, -0.15) is 0 Å². The van der Waals surface area contributed by atoms with Gasteiger partial charge in [0.2, 0.25) is 0 Å². The molecule has 0 saturated carbocycles. The second kappa shape index (κ2) is 12.9. The summed E-state index contributed by atoms with van der Waals surface area (Å²) in [6.45, 7) is 12.8. The molecule has 0 fully saturated rings. The van der Waals surface area contributed by atoms with Crippen molar-refractivity contribution in [2.45, 2.75) is 46.5 Å². The fraction of sp³-hybridized carbons (Fsp3) is 0.600. The molecular weight excluding hydrogens is 244 g/mol. The Bertz CT molecular complexity index is 283. The molecule has 0 radical (unpaired) electrons. The smallest absolute Gasteiger partial charge is 0.330 e. The van der Waals surface area contributed by atoms with Crippen LogP contribution in [0, 0.1) is 5.92 Å². The Balaban J connectivity index is 0. The van der Waals surface area contributed by atoms with E-state index in [1.807, 2.05) is 0 Å². The molecule has 0 bridgehead atoms. The van der Waals surface area contributed by atoms with E-state index in [0.29, 0.717) is 12.5 Å². The first-order valence-electron chi connectivity index (χ1n) is 6.56. The molecule has 0 aromatic rings. The number of carboxylic acids is 1. The topological polar surface area (TPSA) is 63.6 Å². The van der Waals surface area contributed by atoms with Gasteiger partial charge in [0.1, 0.15) is 0 Å². The summed E-state index contributed by atoms with van der Waals surface area (Å²) < 4.78 is 4.98. The number of hydrogen-bond donors (Lipinski definition) is 1. The summed E-state index contributed by atoms with van der Waals surface area (Å²) in [7, 11) is 0. The molecule has 0 aliphatic rings. The molecule has 4 nitrogen and oxygen atoms in total. The van der Waals surface area contributed by atoms with Crippen LogP contribution in [0.5, 0.6) is 0 Å². The zero-order chi connectivity index (χ0) is 15.3. The molecule has 0 rings (SSSR count). The molecule has 0 spiro atoms. The van der Waals surface area contributed by atoms with Crippen LogP contribution >= 0.6 is 0 Å². The van der Waals surface area contributed by atoms with E-state index in [1.165, 1.54) is 25.8 Å². The number of rotatable bonds is 8. The molecule has 4 heteroatoms. The number of aliphatic carboxylic acids is 1. The lowest BCUT2D eigenvalue weighted by molar-refractivity contribution is -0.139. The number of carbonyl (C=O) groups is 2. The maximum atomic E-state index is 10.8. The fourth-order valence-electron chi connectivity index (χ4n) is 1.16. The van der Waals surface area contributed by atoms with Crippen molar-refractivity contribution >= 4 is 11.9 Å². The van der Waals surface area contributed by atoms with Gasteiger partial charge in [-0.1, -0.05) is 46.3 Å². The normalized spacial score (nSPS) is 10.7. The van der Waals surface area contributed by atoms with Gasteiger partial charge in [0.25, 0.3) is 0 Å². The highest BCUT2D eigenvalue weighted by molar-refractivity contribution is 5.84. The Morgan fingerprint density at radius 2 is 1.89 bits per heavy atom. The Labute approximate surface area is 116 Å². The van der Waals surface area contributed by atoms with Crippen LogP contribution in [0.1, 0.15) is 46.5 Å². The summed E-state index contributed by atoms with van der Waals surface area (Å²) in [5.74, 6) is -0.728. The van der Waals surface area contributed by atoms with Crippen LogP contribution in [0.25, 0.3) is 0 Å². The predicted octanol–water partition coefficient (Wildman–Crippen LogP) is 3.58. The lowest BCUT2D eigenvalue weighted by Crippen LogP contribution is -2.12. The number of carbonyl (C=O) groups excluding carboxylic acids is 1. The van der Waals surface area contributed by atoms with Crippen LogP contribution in [0.15, 0.2) is 24.8 Å². The molecule has 0 saturated heterocycles. The summed E-state index contributed by atoms with van der Waals surface area (Å²) in [6.07, 6.45) is 5.85. The fourth-order valence-corrected chi connectivity index (χ4v) is 1.16. The van der Waals surface area contributed by atoms with Gasteiger partial charge in [0.15, 0.2) is 0 Å². The van der Waals surface area contributed by atoms with Crippen LogP contribution in [0.2, 0.25) is 0 Å². The molecule has 0 aliphatic carbocycles. The van der Waals surface area contributed by atoms with Crippen LogP contribution in [-0.2, 0) is 14.3 Å². The average Bonchev–Trinajstić information content (AvgIpc) is 2.39. The van der Waals surface area contributed by atoms with Crippen molar-refractivity contribution in [3.05, 3.63) is 24.8 Å². The Hall–Kier alpha value is -1.58. The molecule has 0 aliphatic heterocycles. The first kappa shape index (κ1) is 19.8. The third-order valence-electron chi connectivity index (χ3n) is 2.54. The molecule has 0 aromatic heterocycles. The minimum absolute atomic E-state index is 0.176. The molecule has 0 heterocycles. The number of hydrogen-bond acceptors (Lipinski definition) is 3. The van der Waals surface area contributed by atoms with Crippen molar-refractivity contribution in [3.8, 4) is 0 Å². The summed E-state index contributed by atoms with van der Waals surface area (Å²) >= 11 is 0. The van der Waals surface area contributed by atoms with E-state index in [0.717, 1.165) is 12.8 Å². The van der Waals surface area contributed by atoms with Gasteiger partial charge in [-0.25, -0.2) is 9.59 Å². The quantitative estimate of drug-likeness (QED) is 0.541. The predicted molar refractivity (Wildman–Crippen MR) is 76.9 cm³/mol. The van der Waals surface area contributed by atoms with Gasteiger partial charge in [-0.15, -0.1) is 0 Å². The van der Waals surface area contributed by atoms with Crippen LogP contribution in [0.3, 0.4) is 0 Å². The van der Waals surface area contributed by atoms with Crippen molar-refractivity contribution in [2.75, 3.05) is 6.61 Å². The van der Waals surface area contributed by atoms with Crippen LogP contribution < -0.4 is 0 Å². The summed E-state index contributed by atoms with van der Waals surface area (Å²) in [5.41, 5.74) is 0.176. The monoisotopic (exact) mass is 270 g/mol. The molecular formula is C15H26O4. The molecule has 0 aromatic carbocycles. The van der Waals surface area contributed by atoms with Crippen molar-refractivity contribution < 1.29 is 19.4 Å². The largest absolute Gasteiger partial charge is 0.478 e. The highest BCUT2D eigenvalue weighted by Crippen LogP contribution is 2.12. The van der Waals surface area contributed by atoms with Crippen molar-refractivity contribution in [3.63, 3.8) is 0 Å². The van der Waals surface area contributed by atoms with E-state index in [4.69, 9.17) is 9.84 Å². The van der Waals surface area contributed by atoms with E-state index < -0.39 is 5.97 Å². The van der Waals surface area contributed by atoms with Gasteiger partial charge in [0.05, 0.1) is 6.61 Å². The minimum atomic E-state index is -0.935. The van der Waals surface area contributed by atoms with E-state index in [1.54, 1.807) is 0 Å². The third kappa shape index (κ3) is 14.4. The molecule has 1 atom stereocenters. The van der Waals surface area contributed by atoms with E-state index >= 15 is 0 Å². The average molecular weight is 270 g/mol. The number of ether oxygens (including phenoxy) is 1. The summed E-state index contributed by atoms with van der Waals surface area (Å²) in [6, 6.07) is 0. The standard InChI is InChI=1S/C11H20O2.C4H6O2/c1-4-7-8-10(5-2)9-13-11(12)6-3;1-3(2)4(5)6/h6,10H,3-5,7-9H2,1-2H3;1H2,2H3,(H,5,6). The van der Waals surface area contributed by atoms with Crippen molar-refractivity contribution in [2.24, 2.45) is 5.92 Å². The Kier molecular flexibility index (Phi) is 13.4. The number of esters is 1. The Morgan fingerprint density at radius 1 is 1.37 bits per heavy atom. The first-order valence-corrected chi connectivity index (χ1v) is 6.56. The van der Waals surface area contributed by atoms with E-state index in [-0.39, 0.29) is 11.5 Å². The highest BCUT2D eigenvalue weighted by Gasteiger charge is 2.07. The number of unbranched alkanes of at least 4 members (excludes halogenated alkanes) is 1. The van der Waals surface area contributed by atoms with E-state index in [2.05, 4.69) is 27.0 Å². The number of carboxylic acid groups (broad SMARTS) is 1. The van der Waals surface area contributed by atoms with Crippen molar-refractivity contribution in [1.29, 1.82) is 0 Å². The van der Waals surface area contributed by atoms with Crippen LogP contribution in [-0.4, -0.2) is 23.7 Å². The van der Waals surface area contributed by atoms with E-state index in [9.17, 15) is 9.59 Å². The molecule has 0 amide bonds. The molecule has 19 heavy (non-hydrogen) atoms. The Morgan fingerprint density at radius 3 is 2.21 bits per heavy atom. The maximum absolute atomic E-state index is 10.8. The van der Waals surface area contributed by atoms with Crippen LogP contribution in [0.4, 0.5) is 0 Å².